The lowest BCUT2D eigenvalue weighted by atomic mass is 10.2. The van der Waals surface area contributed by atoms with Gasteiger partial charge in [-0.05, 0) is 31.6 Å². The number of nitrogens with one attached hydrogen (secondary N) is 1. The predicted molar refractivity (Wildman–Crippen MR) is 96.8 cm³/mol. The first kappa shape index (κ1) is 21.6. The van der Waals surface area contributed by atoms with Gasteiger partial charge in [0.1, 0.15) is 6.04 Å². The van der Waals surface area contributed by atoms with E-state index in [1.807, 2.05) is 44.2 Å². The van der Waals surface area contributed by atoms with Crippen molar-refractivity contribution in [2.75, 3.05) is 32.0 Å². The topological polar surface area (TPSA) is 95.9 Å². The van der Waals surface area contributed by atoms with E-state index in [1.165, 1.54) is 0 Å². The quantitative estimate of drug-likeness (QED) is 0.542. The van der Waals surface area contributed by atoms with Crippen LogP contribution in [0.15, 0.2) is 30.3 Å². The third-order valence-electron chi connectivity index (χ3n) is 3.80. The number of ether oxygens (including phenoxy) is 1. The fraction of sp³-hybridized carbons (Fsp3) is 0.588. The summed E-state index contributed by atoms with van der Waals surface area (Å²) in [6.45, 7) is 6.41. The van der Waals surface area contributed by atoms with Gasteiger partial charge in [0, 0.05) is 0 Å². The van der Waals surface area contributed by atoms with Gasteiger partial charge in [-0.15, -0.1) is 0 Å². The van der Waals surface area contributed by atoms with Crippen molar-refractivity contribution in [1.29, 1.82) is 0 Å². The molecule has 7 nitrogen and oxygen atoms in total. The Hall–Kier alpha value is -1.48. The predicted octanol–water partition coefficient (Wildman–Crippen LogP) is 1.31. The largest absolute Gasteiger partial charge is 0.480 e. The molecule has 0 saturated heterocycles. The maximum absolute atomic E-state index is 12.1. The number of rotatable bonds is 13. The second kappa shape index (κ2) is 11.2. The van der Waals surface area contributed by atoms with Crippen molar-refractivity contribution in [3.63, 3.8) is 0 Å². The van der Waals surface area contributed by atoms with Crippen molar-refractivity contribution in [2.45, 2.75) is 32.9 Å². The molecule has 0 aliphatic heterocycles. The molecule has 0 spiro atoms. The van der Waals surface area contributed by atoms with E-state index in [9.17, 15) is 18.3 Å². The summed E-state index contributed by atoms with van der Waals surface area (Å²) in [5.41, 5.74) is 0.897. The minimum atomic E-state index is -3.67. The summed E-state index contributed by atoms with van der Waals surface area (Å²) in [5, 5.41) is 9.21. The third-order valence-corrected chi connectivity index (χ3v) is 5.27. The molecular weight excluding hydrogens is 344 g/mol. The smallest absolute Gasteiger partial charge is 0.324 e. The Labute approximate surface area is 150 Å². The number of sulfonamides is 1. The number of carbonyl (C=O) groups is 1. The van der Waals surface area contributed by atoms with Gasteiger partial charge in [-0.3, -0.25) is 4.79 Å². The average Bonchev–Trinajstić information content (AvgIpc) is 2.58. The molecule has 142 valence electrons. The summed E-state index contributed by atoms with van der Waals surface area (Å²) in [5.74, 6) is -1.35. The van der Waals surface area contributed by atoms with E-state index in [2.05, 4.69) is 9.62 Å². The number of nitrogens with zero attached hydrogens (tertiary/aromatic N) is 1. The number of hydrogen-bond acceptors (Lipinski definition) is 5. The molecule has 0 bridgehead atoms. The van der Waals surface area contributed by atoms with Crippen LogP contribution in [0.5, 0.6) is 0 Å². The molecule has 0 aliphatic rings. The van der Waals surface area contributed by atoms with E-state index >= 15 is 0 Å². The van der Waals surface area contributed by atoms with Crippen LogP contribution in [0.1, 0.15) is 25.8 Å². The molecule has 1 aromatic rings. The summed E-state index contributed by atoms with van der Waals surface area (Å²) >= 11 is 0. The first-order valence-corrected chi connectivity index (χ1v) is 10.1. The molecule has 0 unspecified atom stereocenters. The summed E-state index contributed by atoms with van der Waals surface area (Å²) < 4.78 is 31.7. The molecule has 1 aromatic carbocycles. The van der Waals surface area contributed by atoms with Crippen LogP contribution in [0.25, 0.3) is 0 Å². The van der Waals surface area contributed by atoms with Crippen LogP contribution in [-0.2, 0) is 26.2 Å². The number of hydrogen-bond donors (Lipinski definition) is 2. The fourth-order valence-electron chi connectivity index (χ4n) is 2.32. The maximum atomic E-state index is 12.1. The van der Waals surface area contributed by atoms with Crippen LogP contribution in [0.4, 0.5) is 0 Å². The van der Waals surface area contributed by atoms with Crippen molar-refractivity contribution in [1.82, 2.24) is 9.62 Å². The molecule has 0 heterocycles. The van der Waals surface area contributed by atoms with Crippen LogP contribution in [0.3, 0.4) is 0 Å². The first-order chi connectivity index (χ1) is 11.9. The van der Waals surface area contributed by atoms with E-state index in [1.54, 1.807) is 0 Å². The molecule has 8 heteroatoms. The Bertz CT molecular complexity index is 603. The summed E-state index contributed by atoms with van der Waals surface area (Å²) in [7, 11) is -3.67. The normalized spacial score (nSPS) is 13.1. The van der Waals surface area contributed by atoms with Gasteiger partial charge in [-0.1, -0.05) is 44.2 Å². The lowest BCUT2D eigenvalue weighted by Gasteiger charge is -2.18. The van der Waals surface area contributed by atoms with E-state index < -0.39 is 22.0 Å². The van der Waals surface area contributed by atoms with Crippen LogP contribution in [0.2, 0.25) is 0 Å². The van der Waals surface area contributed by atoms with Gasteiger partial charge >= 0.3 is 5.97 Å². The second-order valence-corrected chi connectivity index (χ2v) is 7.58. The second-order valence-electron chi connectivity index (χ2n) is 5.71. The zero-order valence-corrected chi connectivity index (χ0v) is 15.7. The molecular formula is C17H28N2O5S. The van der Waals surface area contributed by atoms with Gasteiger partial charge in [0.05, 0.1) is 19.0 Å². The molecule has 0 aromatic heterocycles. The monoisotopic (exact) mass is 372 g/mol. The molecule has 2 N–H and O–H groups in total. The van der Waals surface area contributed by atoms with Gasteiger partial charge in [0.15, 0.2) is 0 Å². The van der Waals surface area contributed by atoms with Crippen LogP contribution < -0.4 is 4.72 Å². The zero-order chi connectivity index (χ0) is 18.7. The summed E-state index contributed by atoms with van der Waals surface area (Å²) in [6.07, 6.45) is 0.453. The average molecular weight is 372 g/mol. The standard InChI is InChI=1S/C17H28N2O5S/c1-3-19(4-2)11-8-12-25(22,23)18-16(17(20)21)14-24-13-15-9-6-5-7-10-15/h5-7,9-10,16,18H,3-4,8,11-14H2,1-2H3,(H,20,21)/t16-/m1/s1. The molecule has 1 atom stereocenters. The van der Waals surface area contributed by atoms with E-state index in [0.29, 0.717) is 13.0 Å². The third kappa shape index (κ3) is 8.97. The van der Waals surface area contributed by atoms with E-state index in [4.69, 9.17) is 4.74 Å². The minimum Gasteiger partial charge on any atom is -0.480 e. The number of carboxylic acid groups (broad SMARTS) is 1. The summed E-state index contributed by atoms with van der Waals surface area (Å²) in [6, 6.07) is 8.00. The van der Waals surface area contributed by atoms with Gasteiger partial charge in [0.2, 0.25) is 10.0 Å². The fourth-order valence-corrected chi connectivity index (χ4v) is 3.55. The Balaban J connectivity index is 2.45. The summed E-state index contributed by atoms with van der Waals surface area (Å²) in [4.78, 5) is 13.4. The lowest BCUT2D eigenvalue weighted by Crippen LogP contribution is -2.45. The molecule has 0 fully saturated rings. The highest BCUT2D eigenvalue weighted by atomic mass is 32.2. The number of benzene rings is 1. The highest BCUT2D eigenvalue weighted by molar-refractivity contribution is 7.89. The van der Waals surface area contributed by atoms with Gasteiger partial charge in [-0.25, -0.2) is 8.42 Å². The van der Waals surface area contributed by atoms with Gasteiger partial charge in [-0.2, -0.15) is 4.72 Å². The van der Waals surface area contributed by atoms with Gasteiger partial charge < -0.3 is 14.7 Å². The van der Waals surface area contributed by atoms with E-state index in [0.717, 1.165) is 18.7 Å². The molecule has 1 rings (SSSR count). The van der Waals surface area contributed by atoms with Gasteiger partial charge in [0.25, 0.3) is 0 Å². The SMILES string of the molecule is CCN(CC)CCCS(=O)(=O)N[C@H](COCc1ccccc1)C(=O)O. The van der Waals surface area contributed by atoms with Crippen LogP contribution >= 0.6 is 0 Å². The molecule has 0 amide bonds. The zero-order valence-electron chi connectivity index (χ0n) is 14.8. The van der Waals surface area contributed by atoms with Crippen LogP contribution in [0, 0.1) is 0 Å². The van der Waals surface area contributed by atoms with Crippen molar-refractivity contribution in [3.8, 4) is 0 Å². The highest BCUT2D eigenvalue weighted by Crippen LogP contribution is 2.02. The number of carboxylic acids is 1. The highest BCUT2D eigenvalue weighted by Gasteiger charge is 2.24. The molecule has 0 aliphatic carbocycles. The number of aliphatic carboxylic acids is 1. The first-order valence-electron chi connectivity index (χ1n) is 8.44. The van der Waals surface area contributed by atoms with Crippen molar-refractivity contribution in [3.05, 3.63) is 35.9 Å². The molecule has 0 saturated carbocycles. The molecule has 25 heavy (non-hydrogen) atoms. The van der Waals surface area contributed by atoms with Crippen LogP contribution in [-0.4, -0.2) is 62.4 Å². The Kier molecular flexibility index (Phi) is 9.66. The molecule has 0 radical (unpaired) electrons. The Morgan fingerprint density at radius 2 is 1.88 bits per heavy atom. The van der Waals surface area contributed by atoms with Crippen molar-refractivity contribution >= 4 is 16.0 Å². The Morgan fingerprint density at radius 1 is 1.24 bits per heavy atom. The minimum absolute atomic E-state index is 0.105. The lowest BCUT2D eigenvalue weighted by molar-refractivity contribution is -0.140. The Morgan fingerprint density at radius 3 is 2.44 bits per heavy atom. The van der Waals surface area contributed by atoms with E-state index in [-0.39, 0.29) is 19.0 Å². The van der Waals surface area contributed by atoms with Crippen molar-refractivity contribution in [2.24, 2.45) is 0 Å². The van der Waals surface area contributed by atoms with Crippen molar-refractivity contribution < 1.29 is 23.1 Å². The maximum Gasteiger partial charge on any atom is 0.324 e.